The number of hydrogen-bond donors (Lipinski definition) is 1. The predicted octanol–water partition coefficient (Wildman–Crippen LogP) is 1.59. The quantitative estimate of drug-likeness (QED) is 0.724. The molecule has 0 spiro atoms. The Labute approximate surface area is 108 Å². The Balaban J connectivity index is 1.91. The molecule has 4 nitrogen and oxygen atoms in total. The molecule has 2 amide bonds. The first-order valence-corrected chi connectivity index (χ1v) is 6.92. The Morgan fingerprint density at radius 1 is 1.06 bits per heavy atom. The topological polar surface area (TPSA) is 49.6 Å². The van der Waals surface area contributed by atoms with Crippen molar-refractivity contribution in [3.8, 4) is 0 Å². The van der Waals surface area contributed by atoms with E-state index in [4.69, 9.17) is 18.0 Å². The second kappa shape index (κ2) is 5.67. The zero-order valence-corrected chi connectivity index (χ0v) is 11.0. The molecule has 2 saturated heterocycles. The normalized spacial score (nSPS) is 25.8. The van der Waals surface area contributed by atoms with E-state index in [9.17, 15) is 4.79 Å². The first-order chi connectivity index (χ1) is 8.18. The fourth-order valence-electron chi connectivity index (χ4n) is 2.67. The number of urea groups is 1. The molecular formula is C12H21N3OS. The van der Waals surface area contributed by atoms with Crippen LogP contribution >= 0.6 is 12.2 Å². The van der Waals surface area contributed by atoms with Crippen LogP contribution in [0.5, 0.6) is 0 Å². The van der Waals surface area contributed by atoms with Crippen molar-refractivity contribution in [2.45, 2.75) is 32.1 Å². The summed E-state index contributed by atoms with van der Waals surface area (Å²) in [6.45, 7) is 3.39. The van der Waals surface area contributed by atoms with Gasteiger partial charge in [-0.1, -0.05) is 12.2 Å². The lowest BCUT2D eigenvalue weighted by molar-refractivity contribution is 0.129. The van der Waals surface area contributed by atoms with E-state index >= 15 is 0 Å². The Kier molecular flexibility index (Phi) is 4.20. The van der Waals surface area contributed by atoms with Gasteiger partial charge in [0.25, 0.3) is 0 Å². The summed E-state index contributed by atoms with van der Waals surface area (Å²) >= 11 is 5.04. The Bertz CT molecular complexity index is 302. The predicted molar refractivity (Wildman–Crippen MR) is 71.9 cm³/mol. The summed E-state index contributed by atoms with van der Waals surface area (Å²) in [5.41, 5.74) is 5.69. The van der Waals surface area contributed by atoms with Gasteiger partial charge in [-0.3, -0.25) is 0 Å². The van der Waals surface area contributed by atoms with E-state index < -0.39 is 0 Å². The van der Waals surface area contributed by atoms with Crippen LogP contribution in [0, 0.1) is 5.92 Å². The maximum Gasteiger partial charge on any atom is 0.320 e. The molecule has 0 saturated carbocycles. The van der Waals surface area contributed by atoms with Gasteiger partial charge in [-0.05, 0) is 32.1 Å². The van der Waals surface area contributed by atoms with Crippen molar-refractivity contribution in [3.05, 3.63) is 0 Å². The molecule has 2 aliphatic heterocycles. The Morgan fingerprint density at radius 3 is 2.35 bits per heavy atom. The molecule has 0 radical (unpaired) electrons. The molecule has 5 heteroatoms. The van der Waals surface area contributed by atoms with Crippen LogP contribution in [0.15, 0.2) is 0 Å². The summed E-state index contributed by atoms with van der Waals surface area (Å²) in [5, 5.41) is 0. The summed E-state index contributed by atoms with van der Waals surface area (Å²) in [7, 11) is 0. The molecule has 0 aromatic carbocycles. The molecule has 2 fully saturated rings. The van der Waals surface area contributed by atoms with Crippen LogP contribution in [-0.2, 0) is 0 Å². The average Bonchev–Trinajstić information content (AvgIpc) is 2.39. The second-order valence-electron chi connectivity index (χ2n) is 5.02. The van der Waals surface area contributed by atoms with E-state index in [-0.39, 0.29) is 11.9 Å². The summed E-state index contributed by atoms with van der Waals surface area (Å²) in [5.74, 6) is 0.215. The molecule has 2 heterocycles. The van der Waals surface area contributed by atoms with Crippen molar-refractivity contribution in [1.82, 2.24) is 9.80 Å². The number of nitrogens with zero attached hydrogens (tertiary/aromatic N) is 2. The SMILES string of the molecule is NC(=S)C1CCCN(C(=O)N2CCCCC2)C1. The van der Waals surface area contributed by atoms with E-state index in [1.807, 2.05) is 9.80 Å². The third kappa shape index (κ3) is 3.09. The van der Waals surface area contributed by atoms with Crippen LogP contribution < -0.4 is 5.73 Å². The average molecular weight is 255 g/mol. The number of hydrogen-bond acceptors (Lipinski definition) is 2. The van der Waals surface area contributed by atoms with Gasteiger partial charge < -0.3 is 15.5 Å². The zero-order valence-electron chi connectivity index (χ0n) is 10.2. The molecule has 2 N–H and O–H groups in total. The molecule has 0 aromatic rings. The number of carbonyl (C=O) groups excluding carboxylic acids is 1. The molecular weight excluding hydrogens is 234 g/mol. The molecule has 17 heavy (non-hydrogen) atoms. The maximum atomic E-state index is 12.3. The number of amides is 2. The summed E-state index contributed by atoms with van der Waals surface area (Å²) in [6, 6.07) is 0.186. The highest BCUT2D eigenvalue weighted by atomic mass is 32.1. The van der Waals surface area contributed by atoms with Crippen molar-refractivity contribution in [3.63, 3.8) is 0 Å². The van der Waals surface area contributed by atoms with Crippen LogP contribution in [0.3, 0.4) is 0 Å². The van der Waals surface area contributed by atoms with Gasteiger partial charge in [0.05, 0.1) is 4.99 Å². The number of thiocarbonyl (C=S) groups is 1. The molecule has 0 bridgehead atoms. The van der Waals surface area contributed by atoms with Crippen LogP contribution in [0.2, 0.25) is 0 Å². The molecule has 96 valence electrons. The number of carbonyl (C=O) groups is 1. The van der Waals surface area contributed by atoms with Gasteiger partial charge >= 0.3 is 6.03 Å². The molecule has 0 aromatic heterocycles. The van der Waals surface area contributed by atoms with E-state index in [2.05, 4.69) is 0 Å². The smallest absolute Gasteiger partial charge is 0.320 e. The van der Waals surface area contributed by atoms with Crippen LogP contribution in [-0.4, -0.2) is 47.0 Å². The lowest BCUT2D eigenvalue weighted by Gasteiger charge is -2.37. The number of rotatable bonds is 1. The van der Waals surface area contributed by atoms with Crippen molar-refractivity contribution < 1.29 is 4.79 Å². The number of likely N-dealkylation sites (tertiary alicyclic amines) is 2. The lowest BCUT2D eigenvalue weighted by Crippen LogP contribution is -2.50. The van der Waals surface area contributed by atoms with Gasteiger partial charge in [-0.25, -0.2) is 4.79 Å². The zero-order chi connectivity index (χ0) is 12.3. The Morgan fingerprint density at radius 2 is 1.71 bits per heavy atom. The van der Waals surface area contributed by atoms with Crippen molar-refractivity contribution in [1.29, 1.82) is 0 Å². The summed E-state index contributed by atoms with van der Waals surface area (Å²) < 4.78 is 0. The summed E-state index contributed by atoms with van der Waals surface area (Å²) in [4.78, 5) is 16.8. The minimum absolute atomic E-state index is 0.186. The molecule has 0 aliphatic carbocycles. The Hall–Kier alpha value is -0.840. The first kappa shape index (κ1) is 12.6. The van der Waals surface area contributed by atoms with Crippen LogP contribution in [0.1, 0.15) is 32.1 Å². The van der Waals surface area contributed by atoms with E-state index in [1.54, 1.807) is 0 Å². The van der Waals surface area contributed by atoms with E-state index in [0.717, 1.165) is 45.3 Å². The standard InChI is InChI=1S/C12H21N3OS/c13-11(17)10-5-4-8-15(9-10)12(16)14-6-2-1-3-7-14/h10H,1-9H2,(H2,13,17). The molecule has 1 unspecified atom stereocenters. The van der Waals surface area contributed by atoms with Gasteiger partial charge in [-0.15, -0.1) is 0 Å². The fourth-order valence-corrected chi connectivity index (χ4v) is 2.86. The van der Waals surface area contributed by atoms with Gasteiger partial charge in [0.15, 0.2) is 0 Å². The van der Waals surface area contributed by atoms with Crippen molar-refractivity contribution in [2.24, 2.45) is 11.7 Å². The highest BCUT2D eigenvalue weighted by molar-refractivity contribution is 7.80. The summed E-state index contributed by atoms with van der Waals surface area (Å²) in [6.07, 6.45) is 5.57. The van der Waals surface area contributed by atoms with Gasteiger partial charge in [0.1, 0.15) is 0 Å². The third-order valence-corrected chi connectivity index (χ3v) is 4.05. The highest BCUT2D eigenvalue weighted by Gasteiger charge is 2.28. The number of nitrogens with two attached hydrogens (primary N) is 1. The minimum atomic E-state index is 0.186. The van der Waals surface area contributed by atoms with Crippen molar-refractivity contribution in [2.75, 3.05) is 26.2 Å². The van der Waals surface area contributed by atoms with Gasteiger partial charge in [0, 0.05) is 32.1 Å². The first-order valence-electron chi connectivity index (χ1n) is 6.51. The van der Waals surface area contributed by atoms with Gasteiger partial charge in [0.2, 0.25) is 0 Å². The van der Waals surface area contributed by atoms with Gasteiger partial charge in [-0.2, -0.15) is 0 Å². The van der Waals surface area contributed by atoms with Crippen LogP contribution in [0.25, 0.3) is 0 Å². The molecule has 2 rings (SSSR count). The van der Waals surface area contributed by atoms with E-state index in [0.29, 0.717) is 11.5 Å². The number of piperidine rings is 2. The maximum absolute atomic E-state index is 12.3. The monoisotopic (exact) mass is 255 g/mol. The fraction of sp³-hybridized carbons (Fsp3) is 0.833. The van der Waals surface area contributed by atoms with Crippen LogP contribution in [0.4, 0.5) is 4.79 Å². The largest absolute Gasteiger partial charge is 0.393 e. The minimum Gasteiger partial charge on any atom is -0.393 e. The molecule has 1 atom stereocenters. The lowest BCUT2D eigenvalue weighted by atomic mass is 9.98. The second-order valence-corrected chi connectivity index (χ2v) is 5.49. The molecule has 2 aliphatic rings. The third-order valence-electron chi connectivity index (χ3n) is 3.72. The van der Waals surface area contributed by atoms with Crippen molar-refractivity contribution >= 4 is 23.2 Å². The van der Waals surface area contributed by atoms with E-state index in [1.165, 1.54) is 6.42 Å². The highest BCUT2D eigenvalue weighted by Crippen LogP contribution is 2.19.